The zero-order valence-electron chi connectivity index (χ0n) is 8.61. The summed E-state index contributed by atoms with van der Waals surface area (Å²) in [6.07, 6.45) is 0. The van der Waals surface area contributed by atoms with Gasteiger partial charge in [-0.2, -0.15) is 5.26 Å². The lowest BCUT2D eigenvalue weighted by atomic mass is 10.0. The normalized spacial score (nSPS) is 9.94. The Morgan fingerprint density at radius 2 is 1.71 bits per heavy atom. The fourth-order valence-electron chi connectivity index (χ4n) is 1.56. The van der Waals surface area contributed by atoms with Crippen LogP contribution in [0.5, 0.6) is 5.75 Å². The number of phenols is 1. The van der Waals surface area contributed by atoms with E-state index >= 15 is 0 Å². The van der Waals surface area contributed by atoms with Gasteiger partial charge >= 0.3 is 0 Å². The minimum atomic E-state index is -0.714. The van der Waals surface area contributed by atoms with Crippen LogP contribution in [0.1, 0.15) is 5.56 Å². The van der Waals surface area contributed by atoms with E-state index < -0.39 is 11.6 Å². The average molecular weight is 231 g/mol. The summed E-state index contributed by atoms with van der Waals surface area (Å²) < 4.78 is 26.9. The van der Waals surface area contributed by atoms with Gasteiger partial charge in [-0.05, 0) is 29.8 Å². The van der Waals surface area contributed by atoms with Crippen molar-refractivity contribution in [2.75, 3.05) is 0 Å². The van der Waals surface area contributed by atoms with Crippen molar-refractivity contribution < 1.29 is 13.9 Å². The summed E-state index contributed by atoms with van der Waals surface area (Å²) in [5, 5.41) is 18.1. The van der Waals surface area contributed by atoms with E-state index in [-0.39, 0.29) is 22.4 Å². The second-order valence-electron chi connectivity index (χ2n) is 3.44. The van der Waals surface area contributed by atoms with Gasteiger partial charge in [0.25, 0.3) is 0 Å². The molecule has 0 aliphatic heterocycles. The Balaban J connectivity index is 2.63. The molecule has 2 aromatic rings. The first-order chi connectivity index (χ1) is 8.13. The highest BCUT2D eigenvalue weighted by molar-refractivity contribution is 5.68. The van der Waals surface area contributed by atoms with E-state index in [4.69, 9.17) is 5.26 Å². The van der Waals surface area contributed by atoms with E-state index in [2.05, 4.69) is 0 Å². The minimum Gasteiger partial charge on any atom is -0.507 e. The van der Waals surface area contributed by atoms with Crippen LogP contribution in [0.2, 0.25) is 0 Å². The summed E-state index contributed by atoms with van der Waals surface area (Å²) in [7, 11) is 0. The molecule has 0 unspecified atom stereocenters. The zero-order chi connectivity index (χ0) is 12.4. The van der Waals surface area contributed by atoms with Crippen molar-refractivity contribution in [1.29, 1.82) is 5.26 Å². The van der Waals surface area contributed by atoms with Gasteiger partial charge in [-0.15, -0.1) is 0 Å². The maximum Gasteiger partial charge on any atom is 0.133 e. The third-order valence-corrected chi connectivity index (χ3v) is 2.37. The lowest BCUT2D eigenvalue weighted by Gasteiger charge is -2.06. The third-order valence-electron chi connectivity index (χ3n) is 2.37. The summed E-state index contributed by atoms with van der Waals surface area (Å²) in [5.41, 5.74) is 0.0369. The largest absolute Gasteiger partial charge is 0.507 e. The molecular formula is C13H7F2NO. The lowest BCUT2D eigenvalue weighted by Crippen LogP contribution is -1.90. The summed E-state index contributed by atoms with van der Waals surface area (Å²) >= 11 is 0. The Bertz CT molecular complexity index is 597. The highest BCUT2D eigenvalue weighted by Gasteiger charge is 2.12. The van der Waals surface area contributed by atoms with E-state index in [9.17, 15) is 13.9 Å². The number of hydrogen-bond acceptors (Lipinski definition) is 2. The maximum absolute atomic E-state index is 13.5. The highest BCUT2D eigenvalue weighted by Crippen LogP contribution is 2.29. The molecule has 2 rings (SSSR count). The van der Waals surface area contributed by atoms with Crippen molar-refractivity contribution in [3.8, 4) is 22.9 Å². The molecule has 0 spiro atoms. The molecule has 0 aromatic heterocycles. The van der Waals surface area contributed by atoms with E-state index in [0.29, 0.717) is 0 Å². The first-order valence-corrected chi connectivity index (χ1v) is 4.81. The molecule has 0 aliphatic carbocycles. The van der Waals surface area contributed by atoms with Crippen molar-refractivity contribution in [2.24, 2.45) is 0 Å². The van der Waals surface area contributed by atoms with Gasteiger partial charge in [-0.25, -0.2) is 8.78 Å². The van der Waals surface area contributed by atoms with Gasteiger partial charge in [0.15, 0.2) is 0 Å². The Labute approximate surface area is 96.4 Å². The number of nitriles is 1. The second kappa shape index (κ2) is 4.22. The molecular weight excluding hydrogens is 224 g/mol. The van der Waals surface area contributed by atoms with Crippen molar-refractivity contribution in [3.05, 3.63) is 53.6 Å². The van der Waals surface area contributed by atoms with Crippen LogP contribution in [-0.4, -0.2) is 5.11 Å². The van der Waals surface area contributed by atoms with Crippen LogP contribution in [0.15, 0.2) is 36.4 Å². The van der Waals surface area contributed by atoms with Crippen LogP contribution in [0, 0.1) is 23.0 Å². The lowest BCUT2D eigenvalue weighted by molar-refractivity contribution is 0.473. The average Bonchev–Trinajstić information content (AvgIpc) is 2.29. The van der Waals surface area contributed by atoms with Crippen LogP contribution in [-0.2, 0) is 0 Å². The first-order valence-electron chi connectivity index (χ1n) is 4.81. The van der Waals surface area contributed by atoms with Crippen molar-refractivity contribution in [2.45, 2.75) is 0 Å². The van der Waals surface area contributed by atoms with E-state index in [1.165, 1.54) is 24.3 Å². The smallest absolute Gasteiger partial charge is 0.133 e. The number of halogens is 2. The summed E-state index contributed by atoms with van der Waals surface area (Å²) in [6.45, 7) is 0. The molecule has 0 saturated carbocycles. The highest BCUT2D eigenvalue weighted by atomic mass is 19.1. The molecule has 0 saturated heterocycles. The molecule has 0 fully saturated rings. The molecule has 1 N–H and O–H groups in total. The fraction of sp³-hybridized carbons (Fsp3) is 0. The second-order valence-corrected chi connectivity index (χ2v) is 3.44. The molecule has 0 aliphatic rings. The molecule has 84 valence electrons. The van der Waals surface area contributed by atoms with Gasteiger partial charge in [0.1, 0.15) is 23.5 Å². The number of rotatable bonds is 1. The van der Waals surface area contributed by atoms with Gasteiger partial charge in [0.2, 0.25) is 0 Å². The number of benzene rings is 2. The Morgan fingerprint density at radius 3 is 2.24 bits per heavy atom. The molecule has 0 amide bonds. The molecule has 0 bridgehead atoms. The van der Waals surface area contributed by atoms with Gasteiger partial charge in [-0.3, -0.25) is 0 Å². The van der Waals surface area contributed by atoms with Crippen LogP contribution >= 0.6 is 0 Å². The van der Waals surface area contributed by atoms with E-state index in [1.54, 1.807) is 6.07 Å². The van der Waals surface area contributed by atoms with Gasteiger partial charge in [0.05, 0.1) is 11.1 Å². The fourth-order valence-corrected chi connectivity index (χ4v) is 1.56. The van der Waals surface area contributed by atoms with Crippen LogP contribution in [0.3, 0.4) is 0 Å². The number of phenolic OH excluding ortho intramolecular Hbond substituents is 1. The predicted molar refractivity (Wildman–Crippen MR) is 58.2 cm³/mol. The van der Waals surface area contributed by atoms with Crippen molar-refractivity contribution >= 4 is 0 Å². The van der Waals surface area contributed by atoms with Crippen molar-refractivity contribution in [1.82, 2.24) is 0 Å². The number of aromatic hydroxyl groups is 1. The van der Waals surface area contributed by atoms with Gasteiger partial charge < -0.3 is 5.11 Å². The van der Waals surface area contributed by atoms with Crippen LogP contribution in [0.4, 0.5) is 8.78 Å². The Hall–Kier alpha value is -2.41. The van der Waals surface area contributed by atoms with Crippen LogP contribution < -0.4 is 0 Å². The predicted octanol–water partition coefficient (Wildman–Crippen LogP) is 3.21. The zero-order valence-corrected chi connectivity index (χ0v) is 8.61. The summed E-state index contributed by atoms with van der Waals surface area (Å²) in [5.74, 6) is -1.73. The third kappa shape index (κ3) is 1.95. The molecule has 0 radical (unpaired) electrons. The quantitative estimate of drug-likeness (QED) is 0.818. The number of nitrogens with zero attached hydrogens (tertiary/aromatic N) is 1. The summed E-state index contributed by atoms with van der Waals surface area (Å²) in [6, 6.07) is 9.16. The monoisotopic (exact) mass is 231 g/mol. The van der Waals surface area contributed by atoms with Gasteiger partial charge in [0, 0.05) is 0 Å². The van der Waals surface area contributed by atoms with Crippen molar-refractivity contribution in [3.63, 3.8) is 0 Å². The molecule has 4 heteroatoms. The topological polar surface area (TPSA) is 44.0 Å². The van der Waals surface area contributed by atoms with E-state index in [1.807, 2.05) is 0 Å². The molecule has 17 heavy (non-hydrogen) atoms. The van der Waals surface area contributed by atoms with Gasteiger partial charge in [-0.1, -0.05) is 12.1 Å². The molecule has 2 aromatic carbocycles. The molecule has 0 heterocycles. The Kier molecular flexibility index (Phi) is 2.75. The Morgan fingerprint density at radius 1 is 1.06 bits per heavy atom. The van der Waals surface area contributed by atoms with E-state index in [0.717, 1.165) is 12.1 Å². The first kappa shape index (κ1) is 11.1. The maximum atomic E-state index is 13.5. The minimum absolute atomic E-state index is 0.0606. The number of hydrogen-bond donors (Lipinski definition) is 1. The molecule has 0 atom stereocenters. The SMILES string of the molecule is N#Cc1ccc(-c2c(F)cccc2F)cc1O. The van der Waals surface area contributed by atoms with Crippen LogP contribution in [0.25, 0.3) is 11.1 Å². The standard InChI is InChI=1S/C13H7F2NO/c14-10-2-1-3-11(15)13(10)8-4-5-9(7-16)12(17)6-8/h1-6,17H. The summed E-state index contributed by atoms with van der Waals surface area (Å²) in [4.78, 5) is 0. The molecule has 2 nitrogen and oxygen atoms in total.